The minimum Gasteiger partial charge on any atom is -0.426 e. The predicted octanol–water partition coefficient (Wildman–Crippen LogP) is 8.41. The standard InChI is InChI=1S/C20H27N3O2.C18H26N4O2/c1-13(24)25-18-15(19(2,3)4)10-14(11-16(18)20(5,6)7)23-17-12-21-8-9-22-17;1-12(23)24-16-14(17(2,3)4)8-13(9-15(16)18(5,6)7)21-22-10-19-20-11-22/h8-12H,1-7H3,(H,22,23);8-11,21H,1-7H3. The second kappa shape index (κ2) is 14.8. The molecule has 0 fully saturated rings. The summed E-state index contributed by atoms with van der Waals surface area (Å²) in [5, 5.41) is 10.9. The zero-order valence-corrected chi connectivity index (χ0v) is 31.6. The van der Waals surface area contributed by atoms with Gasteiger partial charge in [0.05, 0.1) is 11.9 Å². The molecule has 0 amide bonds. The van der Waals surface area contributed by atoms with Gasteiger partial charge in [0.25, 0.3) is 0 Å². The summed E-state index contributed by atoms with van der Waals surface area (Å²) < 4.78 is 12.9. The number of anilines is 3. The molecular weight excluding hydrogens is 618 g/mol. The minimum atomic E-state index is -0.314. The van der Waals surface area contributed by atoms with E-state index in [0.29, 0.717) is 17.3 Å². The van der Waals surface area contributed by atoms with E-state index in [1.807, 2.05) is 24.3 Å². The van der Waals surface area contributed by atoms with Crippen LogP contribution in [0.5, 0.6) is 11.5 Å². The van der Waals surface area contributed by atoms with Crippen molar-refractivity contribution in [1.82, 2.24) is 24.8 Å². The van der Waals surface area contributed by atoms with E-state index < -0.39 is 0 Å². The Morgan fingerprint density at radius 2 is 1.00 bits per heavy atom. The Bertz CT molecular complexity index is 1670. The van der Waals surface area contributed by atoms with E-state index in [2.05, 4.69) is 114 Å². The molecule has 0 spiro atoms. The molecule has 2 heterocycles. The van der Waals surface area contributed by atoms with Gasteiger partial charge in [0.15, 0.2) is 0 Å². The molecule has 2 aromatic carbocycles. The third-order valence-electron chi connectivity index (χ3n) is 7.41. The fourth-order valence-electron chi connectivity index (χ4n) is 5.05. The molecule has 49 heavy (non-hydrogen) atoms. The van der Waals surface area contributed by atoms with Gasteiger partial charge in [0, 0.05) is 54.2 Å². The van der Waals surface area contributed by atoms with Crippen molar-refractivity contribution in [3.63, 3.8) is 0 Å². The van der Waals surface area contributed by atoms with E-state index in [-0.39, 0.29) is 33.6 Å². The number of hydrogen-bond donors (Lipinski definition) is 2. The molecule has 4 rings (SSSR count). The van der Waals surface area contributed by atoms with Gasteiger partial charge < -0.3 is 14.8 Å². The lowest BCUT2D eigenvalue weighted by atomic mass is 9.79. The Kier molecular flexibility index (Phi) is 11.6. The number of ether oxygens (including phenoxy) is 2. The summed E-state index contributed by atoms with van der Waals surface area (Å²) in [4.78, 5) is 31.7. The van der Waals surface area contributed by atoms with Crippen molar-refractivity contribution in [3.8, 4) is 11.5 Å². The normalized spacial score (nSPS) is 12.0. The van der Waals surface area contributed by atoms with Crippen molar-refractivity contribution in [1.29, 1.82) is 0 Å². The second-order valence-corrected chi connectivity index (χ2v) is 16.2. The average Bonchev–Trinajstić information content (AvgIpc) is 3.45. The predicted molar refractivity (Wildman–Crippen MR) is 195 cm³/mol. The van der Waals surface area contributed by atoms with Crippen LogP contribution < -0.4 is 20.2 Å². The molecule has 0 unspecified atom stereocenters. The number of benzene rings is 2. The SMILES string of the molecule is CC(=O)Oc1c(C(C)(C)C)cc(Nc2cnccn2)cc1C(C)(C)C.CC(=O)Oc1c(C(C)(C)C)cc(Nn2cnnc2)cc1C(C)(C)C. The van der Waals surface area contributed by atoms with E-state index >= 15 is 0 Å². The molecule has 0 aliphatic heterocycles. The summed E-state index contributed by atoms with van der Waals surface area (Å²) in [5.74, 6) is 1.34. The molecule has 0 bridgehead atoms. The van der Waals surface area contributed by atoms with Gasteiger partial charge in [-0.1, -0.05) is 83.1 Å². The van der Waals surface area contributed by atoms with E-state index in [0.717, 1.165) is 33.6 Å². The Labute approximate surface area is 291 Å². The summed E-state index contributed by atoms with van der Waals surface area (Å²) in [7, 11) is 0. The summed E-state index contributed by atoms with van der Waals surface area (Å²) in [6.07, 6.45) is 8.13. The number of nitrogens with zero attached hydrogens (tertiary/aromatic N) is 5. The highest BCUT2D eigenvalue weighted by atomic mass is 16.5. The largest absolute Gasteiger partial charge is 0.426 e. The van der Waals surface area contributed by atoms with Crippen LogP contribution >= 0.6 is 0 Å². The lowest BCUT2D eigenvalue weighted by molar-refractivity contribution is -0.133. The monoisotopic (exact) mass is 671 g/mol. The molecule has 4 aromatic rings. The van der Waals surface area contributed by atoms with Crippen LogP contribution in [-0.2, 0) is 31.2 Å². The van der Waals surface area contributed by atoms with Gasteiger partial charge in [-0.3, -0.25) is 20.0 Å². The Hall–Kier alpha value is -4.80. The van der Waals surface area contributed by atoms with Crippen molar-refractivity contribution in [3.05, 3.63) is 77.8 Å². The first kappa shape index (κ1) is 38.6. The van der Waals surface area contributed by atoms with Gasteiger partial charge in [-0.2, -0.15) is 0 Å². The first-order chi connectivity index (χ1) is 22.5. The van der Waals surface area contributed by atoms with Crippen LogP contribution in [0.2, 0.25) is 0 Å². The number of aromatic nitrogens is 5. The van der Waals surface area contributed by atoms with E-state index in [4.69, 9.17) is 9.47 Å². The van der Waals surface area contributed by atoms with Gasteiger partial charge in [-0.05, 0) is 45.9 Å². The molecule has 0 saturated heterocycles. The van der Waals surface area contributed by atoms with Crippen LogP contribution in [0.25, 0.3) is 0 Å². The Morgan fingerprint density at radius 1 is 0.612 bits per heavy atom. The lowest BCUT2D eigenvalue weighted by Gasteiger charge is -2.30. The molecule has 0 saturated carbocycles. The number of esters is 2. The number of nitrogens with one attached hydrogen (secondary N) is 2. The number of carbonyl (C=O) groups excluding carboxylic acids is 2. The third-order valence-corrected chi connectivity index (χ3v) is 7.41. The highest BCUT2D eigenvalue weighted by Gasteiger charge is 2.30. The van der Waals surface area contributed by atoms with Crippen LogP contribution in [0.15, 0.2) is 55.5 Å². The molecule has 0 atom stereocenters. The number of carbonyl (C=O) groups is 2. The molecule has 2 N–H and O–H groups in total. The zero-order valence-electron chi connectivity index (χ0n) is 31.6. The first-order valence-electron chi connectivity index (χ1n) is 16.4. The minimum absolute atomic E-state index is 0.185. The maximum Gasteiger partial charge on any atom is 0.308 e. The van der Waals surface area contributed by atoms with Crippen LogP contribution in [0.1, 0.15) is 119 Å². The molecule has 11 nitrogen and oxygen atoms in total. The molecule has 11 heteroatoms. The summed E-state index contributed by atoms with van der Waals surface area (Å²) >= 11 is 0. The van der Waals surface area contributed by atoms with Gasteiger partial charge in [0.2, 0.25) is 0 Å². The van der Waals surface area contributed by atoms with Crippen LogP contribution in [0.3, 0.4) is 0 Å². The topological polar surface area (TPSA) is 133 Å². The van der Waals surface area contributed by atoms with Gasteiger partial charge >= 0.3 is 11.9 Å². The fourth-order valence-corrected chi connectivity index (χ4v) is 5.05. The quantitative estimate of drug-likeness (QED) is 0.152. The van der Waals surface area contributed by atoms with Gasteiger partial charge in [-0.25, -0.2) is 9.66 Å². The van der Waals surface area contributed by atoms with Crippen molar-refractivity contribution in [2.45, 2.75) is 119 Å². The van der Waals surface area contributed by atoms with Crippen LogP contribution in [0.4, 0.5) is 17.2 Å². The van der Waals surface area contributed by atoms with Gasteiger partial charge in [0.1, 0.15) is 30.0 Å². The molecule has 0 aliphatic carbocycles. The van der Waals surface area contributed by atoms with Crippen molar-refractivity contribution >= 4 is 29.1 Å². The average molecular weight is 672 g/mol. The van der Waals surface area contributed by atoms with Crippen molar-refractivity contribution in [2.75, 3.05) is 10.7 Å². The highest BCUT2D eigenvalue weighted by molar-refractivity contribution is 5.74. The van der Waals surface area contributed by atoms with Gasteiger partial charge in [-0.15, -0.1) is 10.2 Å². The maximum absolute atomic E-state index is 11.7. The maximum atomic E-state index is 11.7. The van der Waals surface area contributed by atoms with Crippen molar-refractivity contribution in [2.24, 2.45) is 0 Å². The second-order valence-electron chi connectivity index (χ2n) is 16.2. The molecule has 2 aromatic heterocycles. The van der Waals surface area contributed by atoms with Crippen molar-refractivity contribution < 1.29 is 19.1 Å². The van der Waals surface area contributed by atoms with Crippen LogP contribution in [0, 0.1) is 0 Å². The lowest BCUT2D eigenvalue weighted by Crippen LogP contribution is -2.22. The number of hydrogen-bond acceptors (Lipinski definition) is 10. The highest BCUT2D eigenvalue weighted by Crippen LogP contribution is 2.43. The number of rotatable bonds is 6. The van der Waals surface area contributed by atoms with E-state index in [1.54, 1.807) is 35.9 Å². The zero-order chi connectivity index (χ0) is 36.9. The summed E-state index contributed by atoms with van der Waals surface area (Å²) in [6, 6.07) is 8.05. The third kappa shape index (κ3) is 10.9. The fraction of sp³-hybridized carbons (Fsp3) is 0.474. The molecular formula is C38H53N7O4. The van der Waals surface area contributed by atoms with E-state index in [1.165, 1.54) is 13.8 Å². The Balaban J connectivity index is 0.000000266. The molecule has 0 radical (unpaired) electrons. The van der Waals surface area contributed by atoms with E-state index in [9.17, 15) is 9.59 Å². The smallest absolute Gasteiger partial charge is 0.308 e. The Morgan fingerprint density at radius 3 is 1.33 bits per heavy atom. The molecule has 0 aliphatic rings. The van der Waals surface area contributed by atoms with Crippen LogP contribution in [-0.4, -0.2) is 36.8 Å². The molecule has 264 valence electrons. The summed E-state index contributed by atoms with van der Waals surface area (Å²) in [5.41, 5.74) is 8.17. The first-order valence-corrected chi connectivity index (χ1v) is 16.4. The summed E-state index contributed by atoms with van der Waals surface area (Å²) in [6.45, 7) is 28.1.